The fraction of sp³-hybridized carbons (Fsp3) is 0.350. The average Bonchev–Trinajstić information content (AvgIpc) is 3.06. The molecule has 0 fully saturated rings. The minimum absolute atomic E-state index is 0.164. The van der Waals surface area contributed by atoms with E-state index in [-0.39, 0.29) is 23.1 Å². The quantitative estimate of drug-likeness (QED) is 0.605. The van der Waals surface area contributed by atoms with Crippen molar-refractivity contribution in [2.75, 3.05) is 32.7 Å². The molecule has 0 saturated carbocycles. The molecule has 0 unspecified atom stereocenters. The van der Waals surface area contributed by atoms with Gasteiger partial charge in [0, 0.05) is 6.54 Å². The van der Waals surface area contributed by atoms with Gasteiger partial charge in [0.25, 0.3) is 11.8 Å². The Morgan fingerprint density at radius 3 is 2.31 bits per heavy atom. The van der Waals surface area contributed by atoms with Crippen molar-refractivity contribution in [3.05, 3.63) is 40.3 Å². The van der Waals surface area contributed by atoms with Crippen molar-refractivity contribution in [1.29, 1.82) is 0 Å². The second-order valence-electron chi connectivity index (χ2n) is 6.02. The van der Waals surface area contributed by atoms with Gasteiger partial charge in [-0.05, 0) is 43.2 Å². The Morgan fingerprint density at radius 1 is 1.07 bits per heavy atom. The number of rotatable bonds is 9. The van der Waals surface area contributed by atoms with E-state index in [0.29, 0.717) is 28.5 Å². The van der Waals surface area contributed by atoms with E-state index < -0.39 is 11.9 Å². The third kappa shape index (κ3) is 5.71. The normalized spacial score (nSPS) is 10.2. The molecular weight excluding hydrogens is 396 g/mol. The third-order valence-corrected chi connectivity index (χ3v) is 5.17. The maximum Gasteiger partial charge on any atom is 0.341 e. The third-order valence-electron chi connectivity index (χ3n) is 3.96. The number of hydrogen-bond acceptors (Lipinski definition) is 7. The second kappa shape index (κ2) is 10.5. The number of hydrogen-bond donors (Lipinski definition) is 2. The molecule has 2 N–H and O–H groups in total. The zero-order chi connectivity index (χ0) is 21.4. The molecule has 1 aromatic heterocycles. The summed E-state index contributed by atoms with van der Waals surface area (Å²) in [6, 6.07) is 6.79. The number of ether oxygens (including phenoxy) is 3. The molecule has 0 spiro atoms. The summed E-state index contributed by atoms with van der Waals surface area (Å²) in [6.07, 6.45) is 0.784. The Labute approximate surface area is 173 Å². The molecule has 0 aliphatic carbocycles. The van der Waals surface area contributed by atoms with Crippen LogP contribution in [-0.2, 0) is 9.53 Å². The van der Waals surface area contributed by atoms with Gasteiger partial charge in [0.15, 0.2) is 6.61 Å². The molecule has 2 amide bonds. The van der Waals surface area contributed by atoms with E-state index in [1.165, 1.54) is 7.11 Å². The highest BCUT2D eigenvalue weighted by Crippen LogP contribution is 2.33. The van der Waals surface area contributed by atoms with Crippen molar-refractivity contribution in [2.24, 2.45) is 0 Å². The van der Waals surface area contributed by atoms with Gasteiger partial charge in [-0.2, -0.15) is 0 Å². The minimum atomic E-state index is -0.625. The second-order valence-corrected chi connectivity index (χ2v) is 7.04. The monoisotopic (exact) mass is 420 g/mol. The van der Waals surface area contributed by atoms with Crippen LogP contribution in [0.2, 0.25) is 0 Å². The molecule has 0 radical (unpaired) electrons. The van der Waals surface area contributed by atoms with Crippen LogP contribution in [0.5, 0.6) is 11.5 Å². The summed E-state index contributed by atoms with van der Waals surface area (Å²) < 4.78 is 15.3. The fourth-order valence-electron chi connectivity index (χ4n) is 2.47. The van der Waals surface area contributed by atoms with Crippen molar-refractivity contribution in [2.45, 2.75) is 20.3 Å². The molecular formula is C20H24N2O6S. The molecule has 0 bridgehead atoms. The maximum atomic E-state index is 12.3. The van der Waals surface area contributed by atoms with Crippen molar-refractivity contribution < 1.29 is 28.6 Å². The largest absolute Gasteiger partial charge is 0.497 e. The van der Waals surface area contributed by atoms with Crippen LogP contribution in [0.3, 0.4) is 0 Å². The van der Waals surface area contributed by atoms with Crippen LogP contribution in [0.4, 0.5) is 5.00 Å². The number of carbonyl (C=O) groups is 3. The van der Waals surface area contributed by atoms with Crippen molar-refractivity contribution in [3.63, 3.8) is 0 Å². The van der Waals surface area contributed by atoms with Crippen molar-refractivity contribution in [3.8, 4) is 11.5 Å². The van der Waals surface area contributed by atoms with E-state index in [2.05, 4.69) is 10.6 Å². The van der Waals surface area contributed by atoms with Gasteiger partial charge in [-0.15, -0.1) is 11.3 Å². The van der Waals surface area contributed by atoms with E-state index in [4.69, 9.17) is 14.2 Å². The predicted molar refractivity (Wildman–Crippen MR) is 110 cm³/mol. The molecule has 1 aromatic carbocycles. The van der Waals surface area contributed by atoms with E-state index in [0.717, 1.165) is 17.8 Å². The van der Waals surface area contributed by atoms with Crippen LogP contribution in [0.25, 0.3) is 0 Å². The Morgan fingerprint density at radius 2 is 1.72 bits per heavy atom. The summed E-state index contributed by atoms with van der Waals surface area (Å²) in [4.78, 5) is 37.2. The summed E-state index contributed by atoms with van der Waals surface area (Å²) in [5, 5.41) is 5.66. The van der Waals surface area contributed by atoms with E-state index in [9.17, 15) is 14.4 Å². The molecule has 2 aromatic rings. The van der Waals surface area contributed by atoms with Crippen molar-refractivity contribution >= 4 is 34.1 Å². The number of methoxy groups -OCH3 is 2. The number of amides is 2. The molecule has 156 valence electrons. The molecule has 0 aliphatic heterocycles. The molecule has 2 rings (SSSR count). The van der Waals surface area contributed by atoms with Crippen LogP contribution in [0, 0.1) is 6.92 Å². The molecule has 0 saturated heterocycles. The summed E-state index contributed by atoms with van der Waals surface area (Å²) in [6.45, 7) is 3.84. The number of nitrogens with one attached hydrogen (secondary N) is 2. The topological polar surface area (TPSA) is 103 Å². The summed E-state index contributed by atoms with van der Waals surface area (Å²) in [5.74, 6) is -0.217. The Hall–Kier alpha value is -3.07. The zero-order valence-corrected chi connectivity index (χ0v) is 17.6. The minimum Gasteiger partial charge on any atom is -0.497 e. The summed E-state index contributed by atoms with van der Waals surface area (Å²) in [7, 11) is 2.80. The number of esters is 1. The first-order valence-corrected chi connectivity index (χ1v) is 9.79. The van der Waals surface area contributed by atoms with Crippen LogP contribution < -0.4 is 20.1 Å². The lowest BCUT2D eigenvalue weighted by Crippen LogP contribution is -2.23. The number of thiophene rings is 1. The number of benzene rings is 1. The Balaban J connectivity index is 2.13. The smallest absolute Gasteiger partial charge is 0.341 e. The molecule has 1 heterocycles. The molecule has 9 heteroatoms. The first kappa shape index (κ1) is 22.2. The van der Waals surface area contributed by atoms with Gasteiger partial charge in [-0.1, -0.05) is 6.92 Å². The van der Waals surface area contributed by atoms with Gasteiger partial charge in [0.1, 0.15) is 16.5 Å². The molecule has 0 atom stereocenters. The van der Waals surface area contributed by atoms with E-state index >= 15 is 0 Å². The number of anilines is 1. The average molecular weight is 420 g/mol. The number of carbonyl (C=O) groups excluding carboxylic acids is 3. The van der Waals surface area contributed by atoms with Gasteiger partial charge >= 0.3 is 5.97 Å². The first-order valence-electron chi connectivity index (χ1n) is 8.97. The van der Waals surface area contributed by atoms with Crippen LogP contribution in [-0.4, -0.2) is 45.2 Å². The molecule has 0 aliphatic rings. The van der Waals surface area contributed by atoms with Gasteiger partial charge < -0.3 is 24.8 Å². The Kier molecular flexibility index (Phi) is 8.02. The fourth-order valence-corrected chi connectivity index (χ4v) is 3.60. The lowest BCUT2D eigenvalue weighted by molar-refractivity contribution is -0.118. The molecule has 29 heavy (non-hydrogen) atoms. The van der Waals surface area contributed by atoms with Gasteiger partial charge in [-0.3, -0.25) is 9.59 Å². The zero-order valence-electron chi connectivity index (χ0n) is 16.8. The van der Waals surface area contributed by atoms with Crippen molar-refractivity contribution in [1.82, 2.24) is 5.32 Å². The molecule has 8 nitrogen and oxygen atoms in total. The van der Waals surface area contributed by atoms with E-state index in [1.807, 2.05) is 6.92 Å². The first-order chi connectivity index (χ1) is 13.9. The standard InChI is InChI=1S/C20H24N2O6S/c1-5-10-21-18(24)17-12(2)16(20(25)27-4)19(29-17)22-15(23)11-28-14-8-6-13(26-3)7-9-14/h6-9H,5,10-11H2,1-4H3,(H,21,24)(H,22,23). The Bertz CT molecular complexity index is 876. The van der Waals surface area contributed by atoms with Crippen LogP contribution in [0.15, 0.2) is 24.3 Å². The highest BCUT2D eigenvalue weighted by atomic mass is 32.1. The van der Waals surface area contributed by atoms with Gasteiger partial charge in [0.2, 0.25) is 0 Å². The summed E-state index contributed by atoms with van der Waals surface area (Å²) >= 11 is 1.03. The SMILES string of the molecule is CCCNC(=O)c1sc(NC(=O)COc2ccc(OC)cc2)c(C(=O)OC)c1C. The van der Waals surface area contributed by atoms with Crippen LogP contribution >= 0.6 is 11.3 Å². The lowest BCUT2D eigenvalue weighted by Gasteiger charge is -2.08. The highest BCUT2D eigenvalue weighted by Gasteiger charge is 2.26. The predicted octanol–water partition coefficient (Wildman–Crippen LogP) is 3.01. The lowest BCUT2D eigenvalue weighted by atomic mass is 10.1. The van der Waals surface area contributed by atoms with Crippen LogP contribution in [0.1, 0.15) is 38.9 Å². The summed E-state index contributed by atoms with van der Waals surface area (Å²) in [5.41, 5.74) is 0.624. The van der Waals surface area contributed by atoms with Gasteiger partial charge in [-0.25, -0.2) is 4.79 Å². The maximum absolute atomic E-state index is 12.3. The highest BCUT2D eigenvalue weighted by molar-refractivity contribution is 7.18. The van der Waals surface area contributed by atoms with E-state index in [1.54, 1.807) is 38.3 Å². The van der Waals surface area contributed by atoms with Gasteiger partial charge in [0.05, 0.1) is 24.7 Å².